The quantitative estimate of drug-likeness (QED) is 0.0123. The predicted octanol–water partition coefficient (Wildman–Crippen LogP) is 8.41. The summed E-state index contributed by atoms with van der Waals surface area (Å²) >= 11 is 0. The minimum atomic E-state index is -2.48. The fraction of sp³-hybridized carbons (Fsp3) is 0.693. The van der Waals surface area contributed by atoms with E-state index in [1.165, 1.54) is 18.3 Å². The van der Waals surface area contributed by atoms with Crippen LogP contribution in [0.4, 0.5) is 16.6 Å². The number of amides is 3. The fourth-order valence-corrected chi connectivity index (χ4v) is 16.5. The molecule has 678 valence electrons. The van der Waals surface area contributed by atoms with Crippen LogP contribution in [-0.2, 0) is 95.1 Å². The standard InChI is InChI=1S/C88H132N10O24/c1-56-16-12-11-13-17-57(2)72(108-8)53-66-22-19-62(7)88(107,122-66)81(103)84(104)97-29-15-14-18-68(97)85(105)119-73(54-69(99)58(3)49-61(6)79(102)80(110-10)78(101)60(5)48-56)59(4)50-63-20-23-71(74(51-63)109-9)121-87(106)91-28-33-112-35-37-114-39-41-116-43-45-118-47-46-117-44-42-115-40-38-113-36-34-111-32-27-75(100)96-30-25-65(26-31-96)98-83-76(82(89)92-55-93-83)77(95-98)64-21-24-70-67(52-64)94-86(90)120-70/h11-13,16-17,21,24,49,52,55-56,58-60,62-63,65-66,68,71-74,79-80,102,107H,14-15,18-20,22-23,25-48,50-51,53-54H2,1-10H3,(H2,90,94)(H,91,106)(H2,89,92,93)/b13-11+,16-12+,57-17+,61-49+/t56-,58-,59-,60-,62-,63+,66+,68+,71-,72+,73+,74-,79-,80+,88-/m1/s1. The summed E-state index contributed by atoms with van der Waals surface area (Å²) in [6.45, 7) is 19.7. The number of likely N-dealkylation sites (tertiary alicyclic amines) is 1. The van der Waals surface area contributed by atoms with Crippen molar-refractivity contribution in [1.82, 2.24) is 39.8 Å². The van der Waals surface area contributed by atoms with Crippen molar-refractivity contribution in [3.63, 3.8) is 0 Å². The summed E-state index contributed by atoms with van der Waals surface area (Å²) in [6, 6.07) is 4.39. The Morgan fingerprint density at radius 2 is 1.35 bits per heavy atom. The van der Waals surface area contributed by atoms with E-state index in [2.05, 4.69) is 20.3 Å². The number of anilines is 2. The number of carbonyl (C=O) groups is 7. The van der Waals surface area contributed by atoms with E-state index in [0.29, 0.717) is 222 Å². The first-order chi connectivity index (χ1) is 58.8. The lowest BCUT2D eigenvalue weighted by atomic mass is 9.78. The number of piperidine rings is 2. The summed E-state index contributed by atoms with van der Waals surface area (Å²) in [5, 5.41) is 32.1. The Morgan fingerprint density at radius 3 is 1.99 bits per heavy atom. The molecule has 4 fully saturated rings. The van der Waals surface area contributed by atoms with Crippen LogP contribution in [0.3, 0.4) is 0 Å². The molecule has 4 aliphatic heterocycles. The van der Waals surface area contributed by atoms with Crippen LogP contribution in [0.1, 0.15) is 151 Å². The molecule has 3 saturated heterocycles. The SMILES string of the molecule is CO[C@H]1C[C@@H]2CC[C@@H](C)[C@@](O)(O2)C(=O)C(=O)N2CCCC[C@H]2C(=O)O[C@H]([C@H](C)C[C@@H]2CC[C@@H](OC(=O)NCCOCCOCCOCCOCCOCCOCCOCCOCCC(=O)N3CCC(n4nc(-c5ccc6oc(N)nc6c5)c5c(N)ncnc54)CC3)[C@H](OC)C2)CC(=O)[C@H](C)/C=C(\C)[C@@H](O)[C@@H](OC)C(=O)[C@H](C)C[C@H](C)/C=C/C=C/C=C/1C. The van der Waals surface area contributed by atoms with Crippen molar-refractivity contribution in [2.75, 3.05) is 165 Å². The summed E-state index contributed by atoms with van der Waals surface area (Å²) in [7, 11) is 4.49. The number of nitrogens with one attached hydrogen (secondary N) is 1. The van der Waals surface area contributed by atoms with Crippen LogP contribution in [-0.4, -0.2) is 294 Å². The van der Waals surface area contributed by atoms with Gasteiger partial charge in [-0.2, -0.15) is 10.1 Å². The van der Waals surface area contributed by atoms with Crippen molar-refractivity contribution in [1.29, 1.82) is 0 Å². The molecule has 0 unspecified atom stereocenters. The van der Waals surface area contributed by atoms with Gasteiger partial charge in [-0.25, -0.2) is 24.2 Å². The normalized spacial score (nSPS) is 28.0. The number of aliphatic hydroxyl groups is 2. The Morgan fingerprint density at radius 1 is 0.705 bits per heavy atom. The van der Waals surface area contributed by atoms with Crippen molar-refractivity contribution in [2.24, 2.45) is 35.5 Å². The molecular formula is C88H132N10O24. The molecule has 1 aliphatic carbocycles. The number of ether oxygens (including phenoxy) is 14. The van der Waals surface area contributed by atoms with E-state index in [-0.39, 0.29) is 86.7 Å². The number of hydrogen-bond donors (Lipinski definition) is 5. The number of nitrogens with zero attached hydrogens (tertiary/aromatic N) is 7. The van der Waals surface area contributed by atoms with Gasteiger partial charge in [0.2, 0.25) is 11.7 Å². The third kappa shape index (κ3) is 28.7. The molecule has 5 aliphatic rings. The number of fused-ring (bicyclic) bond motifs is 5. The van der Waals surface area contributed by atoms with Gasteiger partial charge in [-0.3, -0.25) is 24.0 Å². The third-order valence-corrected chi connectivity index (χ3v) is 23.7. The number of methoxy groups -OCH3 is 3. The Bertz CT molecular complexity index is 4110. The van der Waals surface area contributed by atoms with Crippen LogP contribution in [0, 0.1) is 35.5 Å². The second-order valence-corrected chi connectivity index (χ2v) is 32.6. The Hall–Kier alpha value is -8.07. The number of oxazole rings is 1. The Kier molecular flexibility index (Phi) is 40.2. The summed E-state index contributed by atoms with van der Waals surface area (Å²) in [6.07, 6.45) is 12.4. The molecular weight excluding hydrogens is 1580 g/mol. The van der Waals surface area contributed by atoms with Gasteiger partial charge in [-0.15, -0.1) is 0 Å². The molecule has 34 nitrogen and oxygen atoms in total. The number of Topliss-reactive ketones (excluding diaryl/α,β-unsaturated/α-hetero) is 3. The highest BCUT2D eigenvalue weighted by Crippen LogP contribution is 2.40. The molecule has 0 radical (unpaired) electrons. The topological polar surface area (TPSA) is 429 Å². The van der Waals surface area contributed by atoms with Gasteiger partial charge in [-0.05, 0) is 138 Å². The minimum Gasteiger partial charge on any atom is -0.460 e. The highest BCUT2D eigenvalue weighted by molar-refractivity contribution is 6.39. The number of esters is 1. The van der Waals surface area contributed by atoms with Gasteiger partial charge in [0.1, 0.15) is 59.6 Å². The highest BCUT2D eigenvalue weighted by atomic mass is 16.6. The lowest BCUT2D eigenvalue weighted by Crippen LogP contribution is -2.61. The van der Waals surface area contributed by atoms with Gasteiger partial charge in [0.25, 0.3) is 17.7 Å². The summed E-state index contributed by atoms with van der Waals surface area (Å²) in [4.78, 5) is 114. The number of carbonyl (C=O) groups excluding carboxylic acids is 7. The van der Waals surface area contributed by atoms with Crippen molar-refractivity contribution in [2.45, 2.75) is 205 Å². The first kappa shape index (κ1) is 97.7. The number of nitrogens with two attached hydrogens (primary N) is 2. The lowest BCUT2D eigenvalue weighted by Gasteiger charge is -2.42. The van der Waals surface area contributed by atoms with Crippen LogP contribution in [0.5, 0.6) is 0 Å². The number of aliphatic hydroxyl groups excluding tert-OH is 1. The maximum absolute atomic E-state index is 14.7. The van der Waals surface area contributed by atoms with E-state index in [0.717, 1.165) is 11.1 Å². The van der Waals surface area contributed by atoms with E-state index in [1.807, 2.05) is 72.9 Å². The van der Waals surface area contributed by atoms with Crippen LogP contribution < -0.4 is 16.8 Å². The van der Waals surface area contributed by atoms with Gasteiger partial charge in [-0.1, -0.05) is 71.1 Å². The van der Waals surface area contributed by atoms with Gasteiger partial charge in [0, 0.05) is 83.7 Å². The number of benzene rings is 1. The van der Waals surface area contributed by atoms with Crippen LogP contribution in [0.25, 0.3) is 33.4 Å². The molecule has 7 heterocycles. The number of cyclic esters (lactones) is 1. The number of aromatic nitrogens is 5. The second kappa shape index (κ2) is 50.2. The smallest absolute Gasteiger partial charge is 0.407 e. The molecule has 34 heteroatoms. The van der Waals surface area contributed by atoms with Gasteiger partial charge in [0.05, 0.1) is 142 Å². The van der Waals surface area contributed by atoms with E-state index in [1.54, 1.807) is 54.1 Å². The van der Waals surface area contributed by atoms with Gasteiger partial charge >= 0.3 is 12.1 Å². The molecule has 0 spiro atoms. The number of hydrogen-bond acceptors (Lipinski definition) is 30. The first-order valence-electron chi connectivity index (χ1n) is 43.3. The first-order valence-corrected chi connectivity index (χ1v) is 43.3. The lowest BCUT2D eigenvalue weighted by molar-refractivity contribution is -0.265. The van der Waals surface area contributed by atoms with Crippen molar-refractivity contribution < 1.29 is 115 Å². The zero-order valence-corrected chi connectivity index (χ0v) is 72.8. The zero-order chi connectivity index (χ0) is 87.7. The summed E-state index contributed by atoms with van der Waals surface area (Å²) < 4.78 is 88.3. The molecule has 2 bridgehead atoms. The van der Waals surface area contributed by atoms with Crippen molar-refractivity contribution >= 4 is 75.2 Å². The highest BCUT2D eigenvalue weighted by Gasteiger charge is 2.53. The average molecular weight is 1710 g/mol. The number of alkyl carbamates (subject to hydrolysis) is 1. The van der Waals surface area contributed by atoms with E-state index in [9.17, 15) is 43.8 Å². The van der Waals surface area contributed by atoms with Gasteiger partial charge < -0.3 is 108 Å². The number of rotatable bonds is 36. The molecule has 4 aromatic rings. The monoisotopic (exact) mass is 1710 g/mol. The molecule has 122 heavy (non-hydrogen) atoms. The fourth-order valence-electron chi connectivity index (χ4n) is 16.5. The maximum Gasteiger partial charge on any atom is 0.407 e. The van der Waals surface area contributed by atoms with Crippen LogP contribution in [0.2, 0.25) is 0 Å². The number of ketones is 3. The average Bonchev–Trinajstić information content (AvgIpc) is 1.56. The maximum atomic E-state index is 14.7. The molecule has 15 atom stereocenters. The molecule has 1 aromatic carbocycles. The number of nitrogen functional groups attached to an aromatic ring is 2. The van der Waals surface area contributed by atoms with E-state index in [4.69, 9.17) is 87.3 Å². The van der Waals surface area contributed by atoms with Crippen molar-refractivity contribution in [3.05, 3.63) is 72.1 Å². The number of allylic oxidation sites excluding steroid dienone is 6. The Labute approximate surface area is 715 Å². The molecule has 3 amide bonds. The van der Waals surface area contributed by atoms with Crippen LogP contribution >= 0.6 is 0 Å². The summed E-state index contributed by atoms with van der Waals surface area (Å²) in [5.74, 6) is -8.31. The third-order valence-electron chi connectivity index (χ3n) is 23.7. The largest absolute Gasteiger partial charge is 0.460 e. The van der Waals surface area contributed by atoms with Gasteiger partial charge in [0.15, 0.2) is 17.0 Å². The minimum absolute atomic E-state index is 0.00426. The van der Waals surface area contributed by atoms with E-state index >= 15 is 0 Å². The molecule has 7 N–H and O–H groups in total. The zero-order valence-electron chi connectivity index (χ0n) is 72.8. The summed E-state index contributed by atoms with van der Waals surface area (Å²) in [5.41, 5.74) is 16.6. The van der Waals surface area contributed by atoms with Crippen LogP contribution in [0.15, 0.2) is 76.5 Å². The molecule has 1 saturated carbocycles. The van der Waals surface area contributed by atoms with Crippen molar-refractivity contribution in [3.8, 4) is 11.3 Å². The van der Waals surface area contributed by atoms with E-state index < -0.39 is 102 Å². The second-order valence-electron chi connectivity index (χ2n) is 32.6. The Balaban J connectivity index is 0.604. The predicted molar refractivity (Wildman–Crippen MR) is 451 cm³/mol. The molecule has 9 rings (SSSR count). The molecule has 3 aromatic heterocycles.